The van der Waals surface area contributed by atoms with Crippen molar-refractivity contribution < 1.29 is 122 Å². The Morgan fingerprint density at radius 1 is 0.347 bits per heavy atom. The number of hydrogen-bond acceptors (Lipinski definition) is 26. The summed E-state index contributed by atoms with van der Waals surface area (Å²) in [7, 11) is 4.99. The van der Waals surface area contributed by atoms with Gasteiger partial charge in [0.15, 0.2) is 11.4 Å². The molecule has 0 unspecified atom stereocenters. The van der Waals surface area contributed by atoms with Gasteiger partial charge in [-0.25, -0.2) is 83.8 Å². The van der Waals surface area contributed by atoms with Crippen LogP contribution in [0.25, 0.3) is 0 Å². The number of halogens is 12. The number of carboxylic acid groups (broad SMARTS) is 2. The standard InChI is InChI=1S/C18H15ClFNO3S.2C16H12ClFN2O3S.C16H11ClFNO3S.2C16H12F2N2O3S/c1-18(2)17(24)21(9-11-12(19)4-3-5-13(11)20)14-8-10(16(22)23)6-7-15(14)25-18;1-23-16(22)9-5-13-15(19-6-9)24-8-14(21)20(13)7-10-11(17)3-2-4-12(10)18;1-23-16(22)12-5-6-13-15(19-12)20(14(21)8-24-13)7-9-10(17)3-2-4-11(9)18;17-11-2-1-3-12(18)10(11)7-19-13-6-9(16(21)22)4-5-14(13)23-8-15(19)20;1-23-16(22)10-4-13-15(19-6-10)24-8-14(21)20(13)7-9-2-11(17)5-12(18)3-9;1-23-16(22)12-2-3-13-15(19-12)20(14(21)8-24-13)7-9-4-10(17)6-11(18)5-9/h3-8H,9H2,1-2H3,(H,22,23);2*2-6H,7-8H2,1H3;1-6H,7-8H2,(H,21,22);2*2-6H,7-8H2,1H3. The predicted molar refractivity (Wildman–Crippen MR) is 528 cm³/mol. The van der Waals surface area contributed by atoms with Crippen molar-refractivity contribution in [3.8, 4) is 0 Å². The third-order valence-electron chi connectivity index (χ3n) is 21.4. The van der Waals surface area contributed by atoms with Crippen molar-refractivity contribution >= 4 is 223 Å². The van der Waals surface area contributed by atoms with Gasteiger partial charge in [0, 0.05) is 76.7 Å². The van der Waals surface area contributed by atoms with E-state index in [4.69, 9.17) is 51.5 Å². The largest absolute Gasteiger partial charge is 0.478 e. The predicted octanol–water partition coefficient (Wildman–Crippen LogP) is 20.6. The number of benzene rings is 8. The van der Waals surface area contributed by atoms with Crippen molar-refractivity contribution in [3.05, 3.63) is 328 Å². The first-order valence-corrected chi connectivity index (χ1v) is 49.3. The molecule has 2 N–H and O–H groups in total. The SMILES string of the molecule is CC1(C)Sc2ccc(C(=O)O)cc2N(Cc2c(F)cccc2Cl)C1=O.COC(=O)c1ccc2c(n1)N(Cc1c(F)cccc1Cl)C(=O)CS2.COC(=O)c1ccc2c(n1)N(Cc1cc(F)cc(F)c1)C(=O)CS2.COC(=O)c1cnc2c(c1)N(Cc1c(F)cccc1Cl)C(=O)CS2.COC(=O)c1cnc2c(c1)N(Cc1cc(F)cc(F)c1)C(=O)CS2.O=C(O)c1ccc2c(c1)N(Cc1c(F)cccc1Cl)C(=O)CS2. The molecule has 0 saturated heterocycles. The Labute approximate surface area is 860 Å². The van der Waals surface area contributed by atoms with Gasteiger partial charge >= 0.3 is 35.8 Å². The number of hydrogen-bond donors (Lipinski definition) is 2. The van der Waals surface area contributed by atoms with Crippen LogP contribution in [0.1, 0.15) is 110 Å². The molecule has 0 radical (unpaired) electrons. The van der Waals surface area contributed by atoms with Crippen LogP contribution in [-0.2, 0) is 87.0 Å². The number of thioether (sulfide) groups is 6. The average molecular weight is 2170 g/mol. The molecule has 46 heteroatoms. The molecular formula is C98H74Cl4F8N10O18S6. The van der Waals surface area contributed by atoms with E-state index in [9.17, 15) is 97.8 Å². The van der Waals surface area contributed by atoms with Gasteiger partial charge in [0.05, 0.1) is 156 Å². The maximum absolute atomic E-state index is 14.2. The number of carbonyl (C=O) groups excluding carboxylic acids is 10. The van der Waals surface area contributed by atoms with E-state index in [1.165, 1.54) is 238 Å². The van der Waals surface area contributed by atoms with Crippen molar-refractivity contribution in [1.82, 2.24) is 19.9 Å². The van der Waals surface area contributed by atoms with Gasteiger partial charge in [0.1, 0.15) is 68.2 Å². The Hall–Kier alpha value is -13.3. The van der Waals surface area contributed by atoms with E-state index in [1.807, 2.05) is 0 Å². The fraction of sp³-hybridized carbons (Fsp3) is 0.184. The number of aromatic nitrogens is 4. The second-order valence-corrected chi connectivity index (χ2v) is 39.6. The van der Waals surface area contributed by atoms with E-state index in [0.717, 1.165) is 51.1 Å². The molecular weight excluding hydrogens is 2090 g/mol. The number of methoxy groups -OCH3 is 4. The van der Waals surface area contributed by atoms with Crippen LogP contribution in [0, 0.1) is 46.5 Å². The normalized spacial score (nSPS) is 14.0. The number of amides is 6. The lowest BCUT2D eigenvalue weighted by Gasteiger charge is -2.38. The highest BCUT2D eigenvalue weighted by atomic mass is 35.5. The first-order valence-electron chi connectivity index (χ1n) is 42.0. The lowest BCUT2D eigenvalue weighted by atomic mass is 10.1. The van der Waals surface area contributed by atoms with Gasteiger partial charge in [0.2, 0.25) is 35.4 Å². The highest BCUT2D eigenvalue weighted by Gasteiger charge is 2.42. The van der Waals surface area contributed by atoms with E-state index >= 15 is 0 Å². The van der Waals surface area contributed by atoms with Crippen LogP contribution in [0.5, 0.6) is 0 Å². The van der Waals surface area contributed by atoms with Crippen LogP contribution in [0.15, 0.2) is 224 Å². The molecule has 4 aromatic heterocycles. The van der Waals surface area contributed by atoms with Crippen molar-refractivity contribution in [2.24, 2.45) is 0 Å². The number of carboxylic acids is 2. The summed E-state index contributed by atoms with van der Waals surface area (Å²) in [4.78, 5) is 171. The van der Waals surface area contributed by atoms with Gasteiger partial charge in [-0.2, -0.15) is 0 Å². The minimum Gasteiger partial charge on any atom is -0.478 e. The number of anilines is 6. The van der Waals surface area contributed by atoms with Gasteiger partial charge in [-0.05, 0) is 171 Å². The zero-order chi connectivity index (χ0) is 104. The zero-order valence-electron chi connectivity index (χ0n) is 75.6. The molecule has 18 rings (SSSR count). The molecule has 0 aliphatic carbocycles. The first kappa shape index (κ1) is 108. The zero-order valence-corrected chi connectivity index (χ0v) is 83.6. The first-order chi connectivity index (χ1) is 68.6. The van der Waals surface area contributed by atoms with Gasteiger partial charge < -0.3 is 48.8 Å². The highest BCUT2D eigenvalue weighted by molar-refractivity contribution is 8.02. The molecule has 6 aliphatic heterocycles. The second-order valence-electron chi connectivity index (χ2n) is 31.3. The van der Waals surface area contributed by atoms with E-state index in [-0.39, 0.29) is 185 Å². The summed E-state index contributed by atoms with van der Waals surface area (Å²) in [5.41, 5.74) is 3.90. The lowest BCUT2D eigenvalue weighted by molar-refractivity contribution is -0.120. The van der Waals surface area contributed by atoms with Crippen LogP contribution in [-0.4, -0.2) is 163 Å². The molecule has 0 fully saturated rings. The van der Waals surface area contributed by atoms with Gasteiger partial charge in [0.25, 0.3) is 0 Å². The summed E-state index contributed by atoms with van der Waals surface area (Å²) < 4.78 is 128. The van der Waals surface area contributed by atoms with Crippen LogP contribution >= 0.6 is 117 Å². The quantitative estimate of drug-likeness (QED) is 0.0458. The van der Waals surface area contributed by atoms with E-state index in [1.54, 1.807) is 62.4 Å². The second kappa shape index (κ2) is 47.9. The number of carbonyl (C=O) groups is 12. The lowest BCUT2D eigenvalue weighted by Crippen LogP contribution is -2.46. The maximum Gasteiger partial charge on any atom is 0.356 e. The molecule has 144 heavy (non-hydrogen) atoms. The fourth-order valence-corrected chi connectivity index (χ4v) is 20.9. The van der Waals surface area contributed by atoms with Crippen molar-refractivity contribution in [2.75, 3.05) is 86.6 Å². The summed E-state index contributed by atoms with van der Waals surface area (Å²) in [6, 6.07) is 42.1. The summed E-state index contributed by atoms with van der Waals surface area (Å²) in [6.45, 7) is 3.30. The highest BCUT2D eigenvalue weighted by Crippen LogP contribution is 2.48. The Balaban J connectivity index is 0.000000145. The molecule has 8 aromatic carbocycles. The number of fused-ring (bicyclic) bond motifs is 6. The summed E-state index contributed by atoms with van der Waals surface area (Å²) in [5, 5.41) is 20.4. The van der Waals surface area contributed by atoms with Crippen LogP contribution in [0.2, 0.25) is 20.1 Å². The van der Waals surface area contributed by atoms with Gasteiger partial charge in [-0.1, -0.05) is 94.2 Å². The van der Waals surface area contributed by atoms with Crippen molar-refractivity contribution in [3.63, 3.8) is 0 Å². The molecule has 744 valence electrons. The third-order valence-corrected chi connectivity index (χ3v) is 29.2. The number of pyridine rings is 4. The van der Waals surface area contributed by atoms with Gasteiger partial charge in [-0.15, -0.1) is 47.0 Å². The minimum atomic E-state index is -1.09. The summed E-state index contributed by atoms with van der Waals surface area (Å²) in [5.74, 6) is -9.27. The Morgan fingerprint density at radius 2 is 0.646 bits per heavy atom. The molecule has 0 atom stereocenters. The maximum atomic E-state index is 14.2. The molecule has 6 amide bonds. The molecule has 28 nitrogen and oxygen atoms in total. The molecule has 0 bridgehead atoms. The molecule has 10 heterocycles. The summed E-state index contributed by atoms with van der Waals surface area (Å²) >= 11 is 32.0. The van der Waals surface area contributed by atoms with Crippen molar-refractivity contribution in [2.45, 2.75) is 87.5 Å². The Kier molecular flexibility index (Phi) is 35.9. The fourth-order valence-electron chi connectivity index (χ4n) is 14.4. The van der Waals surface area contributed by atoms with Gasteiger partial charge in [-0.3, -0.25) is 38.6 Å². The third kappa shape index (κ3) is 25.9. The van der Waals surface area contributed by atoms with E-state index in [2.05, 4.69) is 38.9 Å². The van der Waals surface area contributed by atoms with Crippen LogP contribution in [0.4, 0.5) is 69.5 Å². The molecule has 6 aliphatic rings. The number of esters is 4. The monoisotopic (exact) mass is 2160 g/mol. The number of ether oxygens (including phenoxy) is 4. The molecule has 0 spiro atoms. The number of rotatable bonds is 18. The molecule has 12 aromatic rings. The number of aromatic carboxylic acids is 2. The van der Waals surface area contributed by atoms with Crippen LogP contribution < -0.4 is 29.4 Å². The smallest absolute Gasteiger partial charge is 0.356 e. The van der Waals surface area contributed by atoms with Crippen LogP contribution in [0.3, 0.4) is 0 Å². The Morgan fingerprint density at radius 3 is 1.01 bits per heavy atom. The van der Waals surface area contributed by atoms with Crippen molar-refractivity contribution in [1.29, 1.82) is 0 Å². The average Bonchev–Trinajstić information content (AvgIpc) is 0.754. The minimum absolute atomic E-state index is 0.0205. The van der Waals surface area contributed by atoms with E-state index < -0.39 is 87.1 Å². The summed E-state index contributed by atoms with van der Waals surface area (Å²) in [6.07, 6.45) is 2.76. The number of nitrogens with zero attached hydrogens (tertiary/aromatic N) is 10. The topological polar surface area (TPSA) is 353 Å². The van der Waals surface area contributed by atoms with E-state index in [0.29, 0.717) is 54.6 Å². The molecule has 0 saturated carbocycles. The Bertz CT molecular complexity index is 6760.